The van der Waals surface area contributed by atoms with Crippen molar-refractivity contribution in [2.24, 2.45) is 0 Å². The lowest BCUT2D eigenvalue weighted by molar-refractivity contribution is 0.0763. The molecule has 0 radical (unpaired) electrons. The van der Waals surface area contributed by atoms with Crippen molar-refractivity contribution in [2.45, 2.75) is 13.8 Å². The minimum Gasteiger partial charge on any atom is -0.338 e. The van der Waals surface area contributed by atoms with Crippen LogP contribution >= 0.6 is 0 Å². The number of carbonyl (C=O) groups excluding carboxylic acids is 1. The third-order valence-corrected chi connectivity index (χ3v) is 1.96. The first kappa shape index (κ1) is 11.2. The Balaban J connectivity index is 3.11. The van der Waals surface area contributed by atoms with Gasteiger partial charge in [-0.25, -0.2) is 9.89 Å². The Kier molecular flexibility index (Phi) is 3.37. The monoisotopic (exact) mass is 212 g/mol. The molecule has 82 valence electrons. The van der Waals surface area contributed by atoms with Gasteiger partial charge in [0.15, 0.2) is 0 Å². The molecule has 1 aromatic rings. The molecule has 0 saturated carbocycles. The molecule has 0 saturated heterocycles. The van der Waals surface area contributed by atoms with Gasteiger partial charge in [0.2, 0.25) is 5.69 Å². The SMILES string of the molecule is CCN(CC)C(=O)c1n[nH]c(=O)[nH]c1=O. The predicted molar refractivity (Wildman–Crippen MR) is 52.7 cm³/mol. The van der Waals surface area contributed by atoms with E-state index in [-0.39, 0.29) is 5.69 Å². The number of nitrogens with zero attached hydrogens (tertiary/aromatic N) is 2. The summed E-state index contributed by atoms with van der Waals surface area (Å²) >= 11 is 0. The number of aromatic nitrogens is 3. The van der Waals surface area contributed by atoms with Gasteiger partial charge in [-0.2, -0.15) is 5.10 Å². The van der Waals surface area contributed by atoms with E-state index in [2.05, 4.69) is 5.10 Å². The van der Waals surface area contributed by atoms with Crippen LogP contribution in [-0.4, -0.2) is 39.1 Å². The summed E-state index contributed by atoms with van der Waals surface area (Å²) in [7, 11) is 0. The molecule has 0 aliphatic heterocycles. The van der Waals surface area contributed by atoms with Crippen molar-refractivity contribution in [3.8, 4) is 0 Å². The van der Waals surface area contributed by atoms with Gasteiger partial charge in [-0.1, -0.05) is 0 Å². The molecule has 1 aromatic heterocycles. The van der Waals surface area contributed by atoms with E-state index in [9.17, 15) is 14.4 Å². The van der Waals surface area contributed by atoms with E-state index < -0.39 is 17.2 Å². The average Bonchev–Trinajstić information content (AvgIpc) is 2.19. The Morgan fingerprint density at radius 1 is 1.33 bits per heavy atom. The lowest BCUT2D eigenvalue weighted by Gasteiger charge is -2.16. The second-order valence-corrected chi connectivity index (χ2v) is 2.83. The molecule has 0 spiro atoms. The minimum atomic E-state index is -0.768. The number of rotatable bonds is 3. The van der Waals surface area contributed by atoms with Gasteiger partial charge >= 0.3 is 5.69 Å². The number of carbonyl (C=O) groups is 1. The summed E-state index contributed by atoms with van der Waals surface area (Å²) in [6.07, 6.45) is 0. The van der Waals surface area contributed by atoms with Crippen LogP contribution in [0, 0.1) is 0 Å². The van der Waals surface area contributed by atoms with Crippen LogP contribution in [0.15, 0.2) is 9.59 Å². The fourth-order valence-electron chi connectivity index (χ4n) is 1.15. The summed E-state index contributed by atoms with van der Waals surface area (Å²) in [5.74, 6) is -0.488. The summed E-state index contributed by atoms with van der Waals surface area (Å²) in [4.78, 5) is 37.0. The van der Waals surface area contributed by atoms with Gasteiger partial charge in [0.1, 0.15) is 0 Å². The van der Waals surface area contributed by atoms with Crippen molar-refractivity contribution in [1.82, 2.24) is 20.1 Å². The molecule has 15 heavy (non-hydrogen) atoms. The predicted octanol–water partition coefficient (Wildman–Crippen LogP) is -1.06. The molecule has 0 fully saturated rings. The number of amides is 1. The van der Waals surface area contributed by atoms with Crippen LogP contribution in [0.5, 0.6) is 0 Å². The van der Waals surface area contributed by atoms with Gasteiger partial charge < -0.3 is 4.90 Å². The molecule has 2 N–H and O–H groups in total. The van der Waals surface area contributed by atoms with Gasteiger partial charge in [0, 0.05) is 13.1 Å². The van der Waals surface area contributed by atoms with Crippen molar-refractivity contribution in [3.05, 3.63) is 26.5 Å². The van der Waals surface area contributed by atoms with Crippen LogP contribution in [0.25, 0.3) is 0 Å². The molecule has 1 amide bonds. The maximum absolute atomic E-state index is 11.7. The lowest BCUT2D eigenvalue weighted by Crippen LogP contribution is -2.38. The van der Waals surface area contributed by atoms with E-state index in [0.29, 0.717) is 13.1 Å². The van der Waals surface area contributed by atoms with E-state index in [4.69, 9.17) is 0 Å². The minimum absolute atomic E-state index is 0.293. The number of hydrogen-bond acceptors (Lipinski definition) is 4. The smallest absolute Gasteiger partial charge is 0.338 e. The van der Waals surface area contributed by atoms with E-state index >= 15 is 0 Å². The third kappa shape index (κ3) is 2.30. The average molecular weight is 212 g/mol. The highest BCUT2D eigenvalue weighted by atomic mass is 16.2. The van der Waals surface area contributed by atoms with Crippen molar-refractivity contribution < 1.29 is 4.79 Å². The molecule has 7 heteroatoms. The Bertz CT molecular complexity index is 457. The number of aromatic amines is 2. The zero-order valence-electron chi connectivity index (χ0n) is 8.53. The summed E-state index contributed by atoms with van der Waals surface area (Å²) < 4.78 is 0. The van der Waals surface area contributed by atoms with Crippen molar-refractivity contribution in [2.75, 3.05) is 13.1 Å². The summed E-state index contributed by atoms with van der Waals surface area (Å²) in [5, 5.41) is 5.44. The van der Waals surface area contributed by atoms with Gasteiger partial charge in [0.25, 0.3) is 11.5 Å². The molecule has 0 aliphatic carbocycles. The van der Waals surface area contributed by atoms with E-state index in [1.807, 2.05) is 10.1 Å². The second-order valence-electron chi connectivity index (χ2n) is 2.83. The zero-order valence-corrected chi connectivity index (χ0v) is 8.53. The largest absolute Gasteiger partial charge is 0.342 e. The number of hydrogen-bond donors (Lipinski definition) is 2. The summed E-state index contributed by atoms with van der Waals surface area (Å²) in [6.45, 7) is 4.55. The van der Waals surface area contributed by atoms with Crippen LogP contribution in [-0.2, 0) is 0 Å². The quantitative estimate of drug-likeness (QED) is 0.667. The Labute approximate surface area is 85.1 Å². The van der Waals surface area contributed by atoms with Gasteiger partial charge in [-0.05, 0) is 13.8 Å². The molecule has 1 heterocycles. The van der Waals surface area contributed by atoms with Gasteiger partial charge in [0.05, 0.1) is 0 Å². The first-order valence-electron chi connectivity index (χ1n) is 4.58. The molecule has 0 unspecified atom stereocenters. The zero-order chi connectivity index (χ0) is 11.4. The molecule has 1 rings (SSSR count). The topological polar surface area (TPSA) is 98.9 Å². The highest BCUT2D eigenvalue weighted by Crippen LogP contribution is 1.93. The molecular formula is C8H12N4O3. The van der Waals surface area contributed by atoms with E-state index in [1.165, 1.54) is 4.90 Å². The normalized spacial score (nSPS) is 10.0. The fourth-order valence-corrected chi connectivity index (χ4v) is 1.15. The highest BCUT2D eigenvalue weighted by Gasteiger charge is 2.17. The standard InChI is InChI=1S/C8H12N4O3/c1-3-12(4-2)7(14)5-6(13)9-8(15)11-10-5/h3-4H2,1-2H3,(H2,9,11,13,15). The third-order valence-electron chi connectivity index (χ3n) is 1.96. The summed E-state index contributed by atoms with van der Waals surface area (Å²) in [5.41, 5.74) is -1.79. The van der Waals surface area contributed by atoms with E-state index in [1.54, 1.807) is 13.8 Å². The van der Waals surface area contributed by atoms with Crippen LogP contribution in [0.1, 0.15) is 24.3 Å². The first-order chi connectivity index (χ1) is 7.10. The highest BCUT2D eigenvalue weighted by molar-refractivity contribution is 5.91. The lowest BCUT2D eigenvalue weighted by atomic mass is 10.3. The second kappa shape index (κ2) is 4.54. The van der Waals surface area contributed by atoms with Crippen molar-refractivity contribution in [1.29, 1.82) is 0 Å². The summed E-state index contributed by atoms with van der Waals surface area (Å²) in [6, 6.07) is 0. The maximum Gasteiger partial charge on any atom is 0.342 e. The van der Waals surface area contributed by atoms with Crippen LogP contribution in [0.3, 0.4) is 0 Å². The van der Waals surface area contributed by atoms with Crippen molar-refractivity contribution in [3.63, 3.8) is 0 Å². The van der Waals surface area contributed by atoms with Gasteiger partial charge in [-0.3, -0.25) is 14.6 Å². The molecule has 7 nitrogen and oxygen atoms in total. The Morgan fingerprint density at radius 3 is 2.40 bits per heavy atom. The molecule has 0 aliphatic rings. The first-order valence-corrected chi connectivity index (χ1v) is 4.58. The van der Waals surface area contributed by atoms with Crippen LogP contribution in [0.2, 0.25) is 0 Å². The number of H-pyrrole nitrogens is 2. The molecule has 0 bridgehead atoms. The Morgan fingerprint density at radius 2 is 1.93 bits per heavy atom. The van der Waals surface area contributed by atoms with Crippen LogP contribution in [0.4, 0.5) is 0 Å². The van der Waals surface area contributed by atoms with Crippen molar-refractivity contribution >= 4 is 5.91 Å². The van der Waals surface area contributed by atoms with Gasteiger partial charge in [-0.15, -0.1) is 0 Å². The van der Waals surface area contributed by atoms with E-state index in [0.717, 1.165) is 0 Å². The fraction of sp³-hybridized carbons (Fsp3) is 0.500. The maximum atomic E-state index is 11.7. The van der Waals surface area contributed by atoms with Crippen LogP contribution < -0.4 is 11.2 Å². The Hall–Kier alpha value is -1.92. The molecule has 0 aromatic carbocycles. The molecule has 0 atom stereocenters. The molecular weight excluding hydrogens is 200 g/mol. The number of nitrogens with one attached hydrogen (secondary N) is 2.